The Balaban J connectivity index is 3.11. The smallest absolute Gasteiger partial charge is 0.412 e. The van der Waals surface area contributed by atoms with Gasteiger partial charge in [0.15, 0.2) is 0 Å². The van der Waals surface area contributed by atoms with E-state index in [9.17, 15) is 18.3 Å². The summed E-state index contributed by atoms with van der Waals surface area (Å²) in [5.41, 5.74) is -0.725. The molecule has 130 valence electrons. The number of aromatic hydroxyl groups is 1. The minimum atomic E-state index is -3.68. The van der Waals surface area contributed by atoms with Gasteiger partial charge in [-0.25, -0.2) is 13.2 Å². The number of carbonyl (C=O) groups is 1. The zero-order chi connectivity index (χ0) is 17.8. The highest BCUT2D eigenvalue weighted by Gasteiger charge is 2.23. The van der Waals surface area contributed by atoms with Crippen LogP contribution in [0.4, 0.5) is 10.5 Å². The molecule has 1 amide bonds. The normalized spacial score (nSPS) is 12.3. The van der Waals surface area contributed by atoms with Gasteiger partial charge in [0.1, 0.15) is 11.4 Å². The molecule has 0 saturated carbocycles. The van der Waals surface area contributed by atoms with E-state index in [2.05, 4.69) is 5.32 Å². The molecule has 0 radical (unpaired) electrons. The third-order valence-corrected chi connectivity index (χ3v) is 4.99. The van der Waals surface area contributed by atoms with Gasteiger partial charge in [-0.3, -0.25) is 5.32 Å². The molecule has 7 nitrogen and oxygen atoms in total. The molecule has 0 aliphatic carbocycles. The maximum Gasteiger partial charge on any atom is 0.412 e. The third-order valence-electron chi connectivity index (χ3n) is 2.95. The summed E-state index contributed by atoms with van der Waals surface area (Å²) in [6, 6.07) is 3.74. The fourth-order valence-electron chi connectivity index (χ4n) is 1.90. The van der Waals surface area contributed by atoms with Gasteiger partial charge in [-0.05, 0) is 39.0 Å². The van der Waals surface area contributed by atoms with Crippen molar-refractivity contribution < 1.29 is 23.1 Å². The van der Waals surface area contributed by atoms with Crippen LogP contribution in [-0.4, -0.2) is 42.6 Å². The quantitative estimate of drug-likeness (QED) is 0.801. The highest BCUT2D eigenvalue weighted by Crippen LogP contribution is 2.28. The molecule has 0 atom stereocenters. The van der Waals surface area contributed by atoms with Gasteiger partial charge in [-0.1, -0.05) is 13.8 Å². The molecule has 0 aliphatic rings. The van der Waals surface area contributed by atoms with Gasteiger partial charge in [0.05, 0.1) is 10.6 Å². The second-order valence-corrected chi connectivity index (χ2v) is 7.83. The van der Waals surface area contributed by atoms with E-state index in [1.165, 1.54) is 22.5 Å². The van der Waals surface area contributed by atoms with E-state index in [4.69, 9.17) is 4.74 Å². The molecular weight excluding hydrogens is 320 g/mol. The van der Waals surface area contributed by atoms with Crippen LogP contribution < -0.4 is 5.32 Å². The maximum absolute atomic E-state index is 12.5. The van der Waals surface area contributed by atoms with Gasteiger partial charge in [-0.2, -0.15) is 4.31 Å². The maximum atomic E-state index is 12.5. The number of phenols is 1. The van der Waals surface area contributed by atoms with E-state index in [0.717, 1.165) is 0 Å². The highest BCUT2D eigenvalue weighted by atomic mass is 32.2. The molecule has 8 heteroatoms. The Bertz CT molecular complexity index is 661. The Morgan fingerprint density at radius 2 is 1.83 bits per heavy atom. The molecule has 1 rings (SSSR count). The summed E-state index contributed by atoms with van der Waals surface area (Å²) in [4.78, 5) is 11.8. The molecule has 1 aromatic carbocycles. The van der Waals surface area contributed by atoms with Crippen molar-refractivity contribution in [2.24, 2.45) is 0 Å². The molecule has 0 spiro atoms. The molecule has 0 aliphatic heterocycles. The summed E-state index contributed by atoms with van der Waals surface area (Å²) in [5.74, 6) is -0.241. The Hall–Kier alpha value is -1.80. The fourth-order valence-corrected chi connectivity index (χ4v) is 3.39. The average Bonchev–Trinajstić information content (AvgIpc) is 2.40. The number of hydrogen-bond donors (Lipinski definition) is 2. The van der Waals surface area contributed by atoms with Crippen molar-refractivity contribution in [3.63, 3.8) is 0 Å². The first-order valence-corrected chi connectivity index (χ1v) is 8.78. The second kappa shape index (κ2) is 7.18. The van der Waals surface area contributed by atoms with Crippen molar-refractivity contribution >= 4 is 21.8 Å². The van der Waals surface area contributed by atoms with Crippen molar-refractivity contribution in [3.05, 3.63) is 18.2 Å². The van der Waals surface area contributed by atoms with E-state index < -0.39 is 21.7 Å². The number of anilines is 1. The van der Waals surface area contributed by atoms with Gasteiger partial charge >= 0.3 is 6.09 Å². The van der Waals surface area contributed by atoms with E-state index in [1.807, 2.05) is 0 Å². The lowest BCUT2D eigenvalue weighted by atomic mass is 10.2. The topological polar surface area (TPSA) is 95.9 Å². The zero-order valence-electron chi connectivity index (χ0n) is 14.1. The number of carbonyl (C=O) groups excluding carboxylic acids is 1. The highest BCUT2D eigenvalue weighted by molar-refractivity contribution is 7.89. The van der Waals surface area contributed by atoms with E-state index in [0.29, 0.717) is 13.1 Å². The number of amides is 1. The Kier molecular flexibility index (Phi) is 6.01. The third kappa shape index (κ3) is 5.11. The minimum absolute atomic E-state index is 0.00920. The zero-order valence-corrected chi connectivity index (χ0v) is 14.9. The molecule has 23 heavy (non-hydrogen) atoms. The number of ether oxygens (including phenoxy) is 1. The molecule has 0 saturated heterocycles. The number of benzene rings is 1. The molecule has 0 fully saturated rings. The molecule has 0 heterocycles. The largest absolute Gasteiger partial charge is 0.506 e. The van der Waals surface area contributed by atoms with Crippen molar-refractivity contribution in [3.8, 4) is 5.75 Å². The number of hydrogen-bond acceptors (Lipinski definition) is 5. The van der Waals surface area contributed by atoms with E-state index in [1.54, 1.807) is 34.6 Å². The summed E-state index contributed by atoms with van der Waals surface area (Å²) in [7, 11) is -3.68. The molecule has 2 N–H and O–H groups in total. The summed E-state index contributed by atoms with van der Waals surface area (Å²) in [6.07, 6.45) is -0.773. The van der Waals surface area contributed by atoms with Gasteiger partial charge < -0.3 is 9.84 Å². The van der Waals surface area contributed by atoms with Gasteiger partial charge in [0.25, 0.3) is 0 Å². The van der Waals surface area contributed by atoms with E-state index in [-0.39, 0.29) is 16.3 Å². The monoisotopic (exact) mass is 344 g/mol. The molecule has 0 unspecified atom stereocenters. The lowest BCUT2D eigenvalue weighted by Gasteiger charge is -2.21. The van der Waals surface area contributed by atoms with Crippen LogP contribution >= 0.6 is 0 Å². The number of nitrogens with one attached hydrogen (secondary N) is 1. The Morgan fingerprint density at radius 3 is 2.30 bits per heavy atom. The number of nitrogens with zero attached hydrogens (tertiary/aromatic N) is 1. The Labute approximate surface area is 137 Å². The first-order valence-electron chi connectivity index (χ1n) is 7.34. The van der Waals surface area contributed by atoms with Crippen molar-refractivity contribution in [2.75, 3.05) is 18.4 Å². The van der Waals surface area contributed by atoms with Crippen LogP contribution in [0, 0.1) is 0 Å². The number of rotatable bonds is 5. The predicted octanol–water partition coefficient (Wildman–Crippen LogP) is 2.77. The SMILES string of the molecule is CCN(CC)S(=O)(=O)c1ccc(O)c(NC(=O)OC(C)(C)C)c1. The van der Waals surface area contributed by atoms with Gasteiger partial charge in [0.2, 0.25) is 10.0 Å². The fraction of sp³-hybridized carbons (Fsp3) is 0.533. The van der Waals surface area contributed by atoms with Crippen LogP contribution in [-0.2, 0) is 14.8 Å². The average molecular weight is 344 g/mol. The molecular formula is C15H24N2O5S. The van der Waals surface area contributed by atoms with Crippen LogP contribution in [0.3, 0.4) is 0 Å². The molecule has 0 aromatic heterocycles. The summed E-state index contributed by atoms with van der Waals surface area (Å²) < 4.78 is 31.3. The lowest BCUT2D eigenvalue weighted by Crippen LogP contribution is -2.30. The van der Waals surface area contributed by atoms with Gasteiger partial charge in [-0.15, -0.1) is 0 Å². The predicted molar refractivity (Wildman–Crippen MR) is 88.1 cm³/mol. The number of sulfonamides is 1. The van der Waals surface area contributed by atoms with Crippen LogP contribution in [0.5, 0.6) is 5.75 Å². The lowest BCUT2D eigenvalue weighted by molar-refractivity contribution is 0.0635. The first-order chi connectivity index (χ1) is 10.5. The standard InChI is InChI=1S/C15H24N2O5S/c1-6-17(7-2)23(20,21)11-8-9-13(18)12(10-11)16-14(19)22-15(3,4)5/h8-10,18H,6-7H2,1-5H3,(H,16,19). The van der Waals surface area contributed by atoms with Crippen molar-refractivity contribution in [1.29, 1.82) is 0 Å². The summed E-state index contributed by atoms with van der Waals surface area (Å²) in [5, 5.41) is 12.2. The first kappa shape index (κ1) is 19.2. The van der Waals surface area contributed by atoms with Crippen LogP contribution in [0.25, 0.3) is 0 Å². The summed E-state index contributed by atoms with van der Waals surface area (Å²) in [6.45, 7) is 9.24. The second-order valence-electron chi connectivity index (χ2n) is 5.90. The van der Waals surface area contributed by atoms with Gasteiger partial charge in [0, 0.05) is 13.1 Å². The number of phenolic OH excluding ortho intramolecular Hbond substituents is 1. The Morgan fingerprint density at radius 1 is 1.26 bits per heavy atom. The van der Waals surface area contributed by atoms with Crippen LogP contribution in [0.15, 0.2) is 23.1 Å². The van der Waals surface area contributed by atoms with Crippen LogP contribution in [0.2, 0.25) is 0 Å². The minimum Gasteiger partial charge on any atom is -0.506 e. The van der Waals surface area contributed by atoms with Crippen molar-refractivity contribution in [1.82, 2.24) is 4.31 Å². The van der Waals surface area contributed by atoms with Crippen LogP contribution in [0.1, 0.15) is 34.6 Å². The summed E-state index contributed by atoms with van der Waals surface area (Å²) >= 11 is 0. The van der Waals surface area contributed by atoms with E-state index >= 15 is 0 Å². The van der Waals surface area contributed by atoms with Crippen molar-refractivity contribution in [2.45, 2.75) is 45.1 Å². The molecule has 0 bridgehead atoms. The molecule has 1 aromatic rings.